The minimum Gasteiger partial charge on any atom is -0.451 e. The van der Waals surface area contributed by atoms with Gasteiger partial charge in [0.2, 0.25) is 0 Å². The molecule has 0 saturated heterocycles. The van der Waals surface area contributed by atoms with E-state index in [9.17, 15) is 4.21 Å². The molecule has 3 aromatic rings. The summed E-state index contributed by atoms with van der Waals surface area (Å²) in [5.41, 5.74) is 1.94. The lowest BCUT2D eigenvalue weighted by Crippen LogP contribution is -1.98. The molecule has 5 nitrogen and oxygen atoms in total. The zero-order valence-corrected chi connectivity index (χ0v) is 14.2. The summed E-state index contributed by atoms with van der Waals surface area (Å²) in [5, 5.41) is 0.261. The van der Waals surface area contributed by atoms with E-state index in [1.807, 2.05) is 6.07 Å². The molecule has 2 heterocycles. The van der Waals surface area contributed by atoms with Crippen molar-refractivity contribution in [2.45, 2.75) is 37.3 Å². The van der Waals surface area contributed by atoms with Crippen LogP contribution in [0.2, 0.25) is 0 Å². The Balaban J connectivity index is 1.35. The lowest BCUT2D eigenvalue weighted by Gasteiger charge is -2.01. The van der Waals surface area contributed by atoms with Crippen molar-refractivity contribution in [3.8, 4) is 11.5 Å². The summed E-state index contributed by atoms with van der Waals surface area (Å²) in [6.45, 7) is 0. The van der Waals surface area contributed by atoms with Gasteiger partial charge in [-0.25, -0.2) is 14.2 Å². The quantitative estimate of drug-likeness (QED) is 0.543. The fourth-order valence-electron chi connectivity index (χ4n) is 2.46. The number of rotatable bonds is 9. The Bertz CT molecular complexity index is 754. The van der Waals surface area contributed by atoms with Crippen molar-refractivity contribution in [2.75, 3.05) is 5.75 Å². The Morgan fingerprint density at radius 2 is 1.83 bits per heavy atom. The number of hydrogen-bond donors (Lipinski definition) is 0. The van der Waals surface area contributed by atoms with Crippen molar-refractivity contribution in [1.29, 1.82) is 0 Å². The van der Waals surface area contributed by atoms with Gasteiger partial charge in [-0.05, 0) is 24.8 Å². The van der Waals surface area contributed by atoms with Gasteiger partial charge in [0, 0.05) is 5.75 Å². The van der Waals surface area contributed by atoms with Gasteiger partial charge in [-0.2, -0.15) is 0 Å². The normalized spacial score (nSPS) is 12.3. The molecule has 0 N–H and O–H groups in total. The standard InChI is InChI=1S/C18H20N2O3S/c21-24(18-19-12-17(23-18)16-13-22-14-20-16)11-7-2-1-4-8-15-9-5-3-6-10-15/h3,5-6,9-10,12-14H,1-2,4,7-8,11H2. The maximum atomic E-state index is 12.2. The summed E-state index contributed by atoms with van der Waals surface area (Å²) in [4.78, 5) is 8.06. The topological polar surface area (TPSA) is 69.1 Å². The highest BCUT2D eigenvalue weighted by Gasteiger charge is 2.13. The second kappa shape index (κ2) is 8.59. The molecule has 0 bridgehead atoms. The van der Waals surface area contributed by atoms with Crippen LogP contribution in [0, 0.1) is 0 Å². The molecule has 1 atom stereocenters. The van der Waals surface area contributed by atoms with Crippen molar-refractivity contribution < 1.29 is 13.0 Å². The minimum absolute atomic E-state index is 0.261. The van der Waals surface area contributed by atoms with E-state index in [2.05, 4.69) is 34.2 Å². The van der Waals surface area contributed by atoms with E-state index in [-0.39, 0.29) is 5.22 Å². The van der Waals surface area contributed by atoms with Crippen molar-refractivity contribution in [3.05, 3.63) is 54.7 Å². The number of hydrogen-bond acceptors (Lipinski definition) is 5. The van der Waals surface area contributed by atoms with Crippen LogP contribution in [0.1, 0.15) is 31.2 Å². The highest BCUT2D eigenvalue weighted by atomic mass is 32.2. The van der Waals surface area contributed by atoms with Crippen LogP contribution in [-0.2, 0) is 17.2 Å². The monoisotopic (exact) mass is 344 g/mol. The third-order valence-corrected chi connectivity index (χ3v) is 4.99. The number of aromatic nitrogens is 2. The fourth-order valence-corrected chi connectivity index (χ4v) is 3.46. The Kier molecular flexibility index (Phi) is 5.96. The number of nitrogens with zero attached hydrogens (tertiary/aromatic N) is 2. The van der Waals surface area contributed by atoms with Crippen LogP contribution in [0.25, 0.3) is 11.5 Å². The average molecular weight is 344 g/mol. The van der Waals surface area contributed by atoms with E-state index in [1.165, 1.54) is 24.4 Å². The third-order valence-electron chi connectivity index (χ3n) is 3.75. The zero-order chi connectivity index (χ0) is 16.6. The highest BCUT2D eigenvalue weighted by Crippen LogP contribution is 2.20. The fraction of sp³-hybridized carbons (Fsp3) is 0.333. The summed E-state index contributed by atoms with van der Waals surface area (Å²) in [6.07, 6.45) is 9.70. The van der Waals surface area contributed by atoms with Gasteiger partial charge in [0.1, 0.15) is 22.8 Å². The first-order valence-electron chi connectivity index (χ1n) is 8.09. The first-order valence-corrected chi connectivity index (χ1v) is 9.41. The molecule has 0 aliphatic carbocycles. The molecular formula is C18H20N2O3S. The summed E-state index contributed by atoms with van der Waals surface area (Å²) < 4.78 is 22.6. The molecule has 0 aliphatic rings. The zero-order valence-electron chi connectivity index (χ0n) is 13.4. The van der Waals surface area contributed by atoms with Gasteiger partial charge in [-0.3, -0.25) is 0 Å². The summed E-state index contributed by atoms with van der Waals surface area (Å²) in [7, 11) is -1.20. The molecule has 3 rings (SSSR count). The number of aryl methyl sites for hydroxylation is 1. The van der Waals surface area contributed by atoms with E-state index in [0.29, 0.717) is 17.2 Å². The van der Waals surface area contributed by atoms with Crippen molar-refractivity contribution in [2.24, 2.45) is 0 Å². The molecule has 1 aromatic carbocycles. The van der Waals surface area contributed by atoms with Gasteiger partial charge in [0.25, 0.3) is 5.22 Å². The lowest BCUT2D eigenvalue weighted by molar-refractivity contribution is 0.454. The molecule has 0 radical (unpaired) electrons. The Morgan fingerprint density at radius 3 is 2.62 bits per heavy atom. The summed E-state index contributed by atoms with van der Waals surface area (Å²) in [5.74, 6) is 1.05. The first kappa shape index (κ1) is 16.6. The molecule has 0 aliphatic heterocycles. The Labute approximate surface area is 143 Å². The largest absolute Gasteiger partial charge is 0.451 e. The lowest BCUT2D eigenvalue weighted by atomic mass is 10.1. The third kappa shape index (κ3) is 4.64. The average Bonchev–Trinajstić information content (AvgIpc) is 3.29. The van der Waals surface area contributed by atoms with E-state index in [0.717, 1.165) is 32.1 Å². The maximum absolute atomic E-state index is 12.2. The van der Waals surface area contributed by atoms with Crippen LogP contribution in [0.5, 0.6) is 0 Å². The smallest absolute Gasteiger partial charge is 0.287 e. The van der Waals surface area contributed by atoms with Gasteiger partial charge in [-0.1, -0.05) is 43.2 Å². The number of unbranched alkanes of at least 4 members (excludes halogenated alkanes) is 3. The van der Waals surface area contributed by atoms with E-state index in [1.54, 1.807) is 0 Å². The molecule has 24 heavy (non-hydrogen) atoms. The molecular weight excluding hydrogens is 324 g/mol. The molecule has 0 saturated carbocycles. The van der Waals surface area contributed by atoms with Crippen LogP contribution in [-0.4, -0.2) is 19.9 Å². The van der Waals surface area contributed by atoms with Crippen LogP contribution >= 0.6 is 0 Å². The SMILES string of the molecule is O=S(CCCCCCc1ccccc1)c1ncc(-c2cocn2)o1. The van der Waals surface area contributed by atoms with Crippen LogP contribution in [0.3, 0.4) is 0 Å². The molecule has 0 fully saturated rings. The van der Waals surface area contributed by atoms with Crippen molar-refractivity contribution in [1.82, 2.24) is 9.97 Å². The Morgan fingerprint density at radius 1 is 1.00 bits per heavy atom. The summed E-state index contributed by atoms with van der Waals surface area (Å²) in [6, 6.07) is 10.5. The van der Waals surface area contributed by atoms with Crippen molar-refractivity contribution in [3.63, 3.8) is 0 Å². The molecule has 0 spiro atoms. The molecule has 126 valence electrons. The number of oxazole rings is 2. The van der Waals surface area contributed by atoms with Gasteiger partial charge in [0.15, 0.2) is 12.2 Å². The maximum Gasteiger partial charge on any atom is 0.287 e. The second-order valence-corrected chi connectivity index (χ2v) is 7.01. The molecule has 1 unspecified atom stereocenters. The minimum atomic E-state index is -1.20. The molecule has 2 aromatic heterocycles. The van der Waals surface area contributed by atoms with E-state index >= 15 is 0 Å². The predicted octanol–water partition coefficient (Wildman–Crippen LogP) is 4.24. The van der Waals surface area contributed by atoms with Gasteiger partial charge < -0.3 is 8.83 Å². The van der Waals surface area contributed by atoms with Crippen LogP contribution in [0.15, 0.2) is 63.2 Å². The Hall–Kier alpha value is -2.21. The van der Waals surface area contributed by atoms with Gasteiger partial charge in [0.05, 0.1) is 6.20 Å². The van der Waals surface area contributed by atoms with E-state index in [4.69, 9.17) is 8.83 Å². The van der Waals surface area contributed by atoms with Crippen LogP contribution < -0.4 is 0 Å². The first-order chi connectivity index (χ1) is 11.8. The summed E-state index contributed by atoms with van der Waals surface area (Å²) >= 11 is 0. The van der Waals surface area contributed by atoms with Gasteiger partial charge in [-0.15, -0.1) is 0 Å². The van der Waals surface area contributed by atoms with Crippen molar-refractivity contribution >= 4 is 10.8 Å². The van der Waals surface area contributed by atoms with E-state index < -0.39 is 10.8 Å². The molecule has 6 heteroatoms. The van der Waals surface area contributed by atoms with Crippen LogP contribution in [0.4, 0.5) is 0 Å². The number of benzene rings is 1. The predicted molar refractivity (Wildman–Crippen MR) is 91.9 cm³/mol. The second-order valence-electron chi connectivity index (χ2n) is 5.56. The molecule has 0 amide bonds. The van der Waals surface area contributed by atoms with Gasteiger partial charge >= 0.3 is 0 Å². The highest BCUT2D eigenvalue weighted by molar-refractivity contribution is 7.84.